The Hall–Kier alpha value is -3.33. The van der Waals surface area contributed by atoms with Crippen LogP contribution in [0.5, 0.6) is 17.2 Å². The number of benzene rings is 2. The predicted molar refractivity (Wildman–Crippen MR) is 153 cm³/mol. The fourth-order valence-electron chi connectivity index (χ4n) is 3.14. The molecule has 13 nitrogen and oxygen atoms in total. The van der Waals surface area contributed by atoms with E-state index in [9.17, 15) is 34.2 Å². The summed E-state index contributed by atoms with van der Waals surface area (Å²) in [6.45, 7) is -1.50. The van der Waals surface area contributed by atoms with Gasteiger partial charge in [-0.25, -0.2) is 14.4 Å². The Morgan fingerprint density at radius 1 is 0.860 bits per heavy atom. The number of halogens is 6. The number of rotatable bonds is 8. The van der Waals surface area contributed by atoms with Crippen molar-refractivity contribution < 1.29 is 52.8 Å². The fourth-order valence-corrected chi connectivity index (χ4v) is 3.46. The van der Waals surface area contributed by atoms with Crippen molar-refractivity contribution in [2.75, 3.05) is 13.2 Å². The first-order chi connectivity index (χ1) is 19.9. The van der Waals surface area contributed by atoms with Crippen molar-refractivity contribution >= 4 is 105 Å². The summed E-state index contributed by atoms with van der Waals surface area (Å²) in [4.78, 5) is 62.3. The highest BCUT2D eigenvalue weighted by Crippen LogP contribution is 2.34. The first-order valence-corrected chi connectivity index (χ1v) is 13.4. The van der Waals surface area contributed by atoms with Crippen molar-refractivity contribution in [3.8, 4) is 17.2 Å². The van der Waals surface area contributed by atoms with E-state index in [1.165, 1.54) is 24.3 Å². The summed E-state index contributed by atoms with van der Waals surface area (Å²) >= 11 is 33.2. The number of phenolic OH excluding ortho intramolecular Hbond substituents is 1. The standard InChI is InChI=1S/C24H15Cl6NO12/c25-23(26,27)8-40-21(37)42-15-5-12-14(6-16(15)43-22(38)41-9-24(28,29)30)39-7-13(18(12)33)19(34)31-17(20(35)36)10-1-3-11(32)4-2-10/h1-7,17,32H,8-9H2,(H,31,34)(H,35,36). The minimum atomic E-state index is -2.01. The van der Waals surface area contributed by atoms with Crippen molar-refractivity contribution in [3.05, 3.63) is 64.0 Å². The Morgan fingerprint density at radius 3 is 1.86 bits per heavy atom. The van der Waals surface area contributed by atoms with Crippen molar-refractivity contribution in [3.63, 3.8) is 0 Å². The van der Waals surface area contributed by atoms with Gasteiger partial charge in [0.1, 0.15) is 36.4 Å². The van der Waals surface area contributed by atoms with Crippen LogP contribution >= 0.6 is 69.6 Å². The van der Waals surface area contributed by atoms with E-state index in [1.54, 1.807) is 0 Å². The van der Waals surface area contributed by atoms with Crippen LogP contribution in [0.4, 0.5) is 9.59 Å². The van der Waals surface area contributed by atoms with Crippen LogP contribution in [0.1, 0.15) is 22.0 Å². The fraction of sp³-hybridized carbons (Fsp3) is 0.208. The molecule has 230 valence electrons. The molecule has 3 N–H and O–H groups in total. The van der Waals surface area contributed by atoms with Gasteiger partial charge in [-0.3, -0.25) is 9.59 Å². The molecule has 0 fully saturated rings. The third-order valence-electron chi connectivity index (χ3n) is 4.93. The normalized spacial score (nSPS) is 12.2. The molecule has 0 radical (unpaired) electrons. The van der Waals surface area contributed by atoms with Crippen molar-refractivity contribution in [1.29, 1.82) is 0 Å². The van der Waals surface area contributed by atoms with Crippen LogP contribution in [0.3, 0.4) is 0 Å². The van der Waals surface area contributed by atoms with Crippen LogP contribution in [-0.2, 0) is 14.3 Å². The third-order valence-corrected chi connectivity index (χ3v) is 5.58. The van der Waals surface area contributed by atoms with Gasteiger partial charge in [-0.15, -0.1) is 0 Å². The number of fused-ring (bicyclic) bond motifs is 1. The topological polar surface area (TPSA) is 188 Å². The first-order valence-electron chi connectivity index (χ1n) is 11.2. The summed E-state index contributed by atoms with van der Waals surface area (Å²) < 4.78 is 20.6. The SMILES string of the molecule is O=C(OCC(Cl)(Cl)Cl)Oc1cc2occ(C(=O)NC(C(=O)O)c3ccc(O)cc3)c(=O)c2cc1OC(=O)OCC(Cl)(Cl)Cl. The summed E-state index contributed by atoms with van der Waals surface area (Å²) in [6, 6.07) is 5.06. The number of aromatic hydroxyl groups is 1. The van der Waals surface area contributed by atoms with Gasteiger partial charge in [0.25, 0.3) is 5.91 Å². The lowest BCUT2D eigenvalue weighted by Crippen LogP contribution is -2.36. The predicted octanol–water partition coefficient (Wildman–Crippen LogP) is 5.83. The number of carboxylic acids is 1. The lowest BCUT2D eigenvalue weighted by molar-refractivity contribution is -0.139. The molecule has 0 saturated carbocycles. The summed E-state index contributed by atoms with van der Waals surface area (Å²) in [7, 11) is 0. The summed E-state index contributed by atoms with van der Waals surface area (Å²) in [6.07, 6.45) is -2.18. The maximum atomic E-state index is 13.2. The largest absolute Gasteiger partial charge is 0.514 e. The van der Waals surface area contributed by atoms with Crippen LogP contribution in [-0.4, -0.2) is 55.2 Å². The van der Waals surface area contributed by atoms with Crippen LogP contribution in [0.2, 0.25) is 0 Å². The zero-order valence-electron chi connectivity index (χ0n) is 20.8. The van der Waals surface area contributed by atoms with E-state index in [0.717, 1.165) is 18.4 Å². The number of amides is 1. The van der Waals surface area contributed by atoms with E-state index in [0.29, 0.717) is 0 Å². The van der Waals surface area contributed by atoms with Crippen LogP contribution < -0.4 is 20.2 Å². The Labute approximate surface area is 269 Å². The van der Waals surface area contributed by atoms with Crippen LogP contribution in [0, 0.1) is 0 Å². The number of carbonyl (C=O) groups is 4. The van der Waals surface area contributed by atoms with Crippen molar-refractivity contribution in [2.45, 2.75) is 13.6 Å². The number of hydrogen-bond donors (Lipinski definition) is 3. The molecule has 3 rings (SSSR count). The van der Waals surface area contributed by atoms with Gasteiger partial charge in [0.15, 0.2) is 17.5 Å². The zero-order chi connectivity index (χ0) is 32.1. The van der Waals surface area contributed by atoms with Gasteiger partial charge in [0, 0.05) is 6.07 Å². The van der Waals surface area contributed by atoms with Gasteiger partial charge in [0.2, 0.25) is 13.0 Å². The molecule has 19 heteroatoms. The lowest BCUT2D eigenvalue weighted by Gasteiger charge is -2.16. The monoisotopic (exact) mass is 719 g/mol. The molecule has 1 atom stereocenters. The maximum absolute atomic E-state index is 13.2. The van der Waals surface area contributed by atoms with Gasteiger partial charge in [0.05, 0.1) is 5.39 Å². The number of nitrogens with one attached hydrogen (secondary N) is 1. The number of alkyl halides is 6. The Bertz CT molecular complexity index is 1600. The Kier molecular flexibility index (Phi) is 11.1. The second kappa shape index (κ2) is 14.0. The van der Waals surface area contributed by atoms with Crippen molar-refractivity contribution in [2.24, 2.45) is 0 Å². The number of carbonyl (C=O) groups excluding carboxylic acids is 3. The quantitative estimate of drug-likeness (QED) is 0.144. The number of carboxylic acid groups (broad SMARTS) is 1. The van der Waals surface area contributed by atoms with Gasteiger partial charge >= 0.3 is 18.3 Å². The number of ether oxygens (including phenoxy) is 4. The number of aliphatic carboxylic acids is 1. The van der Waals surface area contributed by atoms with Gasteiger partial charge in [-0.1, -0.05) is 81.7 Å². The van der Waals surface area contributed by atoms with E-state index in [2.05, 4.69) is 14.8 Å². The highest BCUT2D eigenvalue weighted by atomic mass is 35.6. The van der Waals surface area contributed by atoms with E-state index >= 15 is 0 Å². The molecule has 0 saturated heterocycles. The van der Waals surface area contributed by atoms with Crippen molar-refractivity contribution in [1.82, 2.24) is 5.32 Å². The molecule has 1 unspecified atom stereocenters. The Balaban J connectivity index is 1.98. The highest BCUT2D eigenvalue weighted by molar-refractivity contribution is 6.68. The summed E-state index contributed by atoms with van der Waals surface area (Å²) in [5, 5.41) is 20.8. The average molecular weight is 722 g/mol. The molecule has 0 aliphatic rings. The molecule has 0 aliphatic heterocycles. The van der Waals surface area contributed by atoms with Gasteiger partial charge in [-0.2, -0.15) is 0 Å². The molecule has 0 bridgehead atoms. The first kappa shape index (κ1) is 34.2. The molecule has 2 aromatic carbocycles. The van der Waals surface area contributed by atoms with Gasteiger partial charge < -0.3 is 38.9 Å². The van der Waals surface area contributed by atoms with Gasteiger partial charge in [-0.05, 0) is 23.8 Å². The summed E-state index contributed by atoms with van der Waals surface area (Å²) in [5.74, 6) is -3.98. The highest BCUT2D eigenvalue weighted by Gasteiger charge is 2.28. The third kappa shape index (κ3) is 10.1. The molecule has 1 heterocycles. The number of phenols is 1. The average Bonchev–Trinajstić information content (AvgIpc) is 2.90. The van der Waals surface area contributed by atoms with E-state index in [4.69, 9.17) is 83.5 Å². The smallest absolute Gasteiger partial charge is 0.508 e. The summed E-state index contributed by atoms with van der Waals surface area (Å²) in [5.41, 5.74) is -1.88. The molecular weight excluding hydrogens is 707 g/mol. The Morgan fingerprint density at radius 2 is 1.37 bits per heavy atom. The molecule has 43 heavy (non-hydrogen) atoms. The molecular formula is C24H15Cl6NO12. The van der Waals surface area contributed by atoms with E-state index < -0.39 is 78.9 Å². The molecule has 0 spiro atoms. The second-order valence-corrected chi connectivity index (χ2v) is 13.2. The maximum Gasteiger partial charge on any atom is 0.514 e. The second-order valence-electron chi connectivity index (χ2n) is 8.12. The minimum absolute atomic E-state index is 0.0799. The molecule has 0 aliphatic carbocycles. The minimum Gasteiger partial charge on any atom is -0.508 e. The van der Waals surface area contributed by atoms with E-state index in [1.807, 2.05) is 0 Å². The molecule has 1 amide bonds. The molecule has 1 aromatic heterocycles. The van der Waals surface area contributed by atoms with Crippen LogP contribution in [0.15, 0.2) is 51.9 Å². The number of hydrogen-bond acceptors (Lipinski definition) is 11. The van der Waals surface area contributed by atoms with Crippen LogP contribution in [0.25, 0.3) is 11.0 Å². The molecule has 3 aromatic rings. The lowest BCUT2D eigenvalue weighted by atomic mass is 10.1. The van der Waals surface area contributed by atoms with E-state index in [-0.39, 0.29) is 16.9 Å². The zero-order valence-corrected chi connectivity index (χ0v) is 25.3.